The van der Waals surface area contributed by atoms with Crippen LogP contribution >= 0.6 is 24.8 Å². The Morgan fingerprint density at radius 2 is 2.13 bits per heavy atom. The van der Waals surface area contributed by atoms with Crippen LogP contribution < -0.4 is 5.73 Å². The fraction of sp³-hybridized carbons (Fsp3) is 0.412. The monoisotopic (exact) mass is 355 g/mol. The molecule has 2 unspecified atom stereocenters. The number of carbonyl (C=O) groups is 1. The van der Waals surface area contributed by atoms with E-state index in [1.807, 2.05) is 29.2 Å². The number of fused-ring (bicyclic) bond motifs is 1. The zero-order chi connectivity index (χ0) is 14.8. The number of nitrogens with two attached hydrogens (primary N) is 1. The van der Waals surface area contributed by atoms with Crippen molar-refractivity contribution in [2.75, 3.05) is 13.1 Å². The number of amides is 1. The molecule has 1 fully saturated rings. The fourth-order valence-corrected chi connectivity index (χ4v) is 3.21. The van der Waals surface area contributed by atoms with Crippen LogP contribution in [0.5, 0.6) is 0 Å². The highest BCUT2D eigenvalue weighted by Crippen LogP contribution is 2.26. The molecule has 6 heteroatoms. The number of rotatable bonds is 2. The summed E-state index contributed by atoms with van der Waals surface area (Å²) in [7, 11) is 0. The lowest BCUT2D eigenvalue weighted by atomic mass is 9.91. The molecule has 2 heterocycles. The zero-order valence-electron chi connectivity index (χ0n) is 13.1. The predicted octanol–water partition coefficient (Wildman–Crippen LogP) is 3.28. The average Bonchev–Trinajstić information content (AvgIpc) is 2.53. The van der Waals surface area contributed by atoms with Gasteiger partial charge in [-0.15, -0.1) is 24.8 Å². The van der Waals surface area contributed by atoms with Crippen LogP contribution in [0.25, 0.3) is 10.8 Å². The Morgan fingerprint density at radius 3 is 2.87 bits per heavy atom. The minimum Gasteiger partial charge on any atom is -0.334 e. The molecule has 0 radical (unpaired) electrons. The molecule has 23 heavy (non-hydrogen) atoms. The van der Waals surface area contributed by atoms with Crippen LogP contribution in [0.15, 0.2) is 36.7 Å². The summed E-state index contributed by atoms with van der Waals surface area (Å²) in [4.78, 5) is 19.0. The van der Waals surface area contributed by atoms with Gasteiger partial charge in [-0.3, -0.25) is 9.78 Å². The first-order valence-corrected chi connectivity index (χ1v) is 7.54. The standard InChI is InChI=1S/C17H21N3O.2ClH/c1-12-6-8-20(14(9-12)10-18)17(21)16-4-2-3-13-11-19-7-5-15(13)16;;/h2-5,7,11-12,14H,6,8-10,18H2,1H3;2*1H. The molecular formula is C17H23Cl2N3O. The molecular weight excluding hydrogens is 333 g/mol. The van der Waals surface area contributed by atoms with Gasteiger partial charge < -0.3 is 10.6 Å². The van der Waals surface area contributed by atoms with Gasteiger partial charge in [-0.1, -0.05) is 19.1 Å². The van der Waals surface area contributed by atoms with E-state index in [9.17, 15) is 4.79 Å². The molecule has 1 aliphatic rings. The summed E-state index contributed by atoms with van der Waals surface area (Å²) in [5.74, 6) is 0.730. The largest absolute Gasteiger partial charge is 0.334 e. The lowest BCUT2D eigenvalue weighted by molar-refractivity contribution is 0.0575. The van der Waals surface area contributed by atoms with Gasteiger partial charge in [-0.2, -0.15) is 0 Å². The van der Waals surface area contributed by atoms with E-state index >= 15 is 0 Å². The van der Waals surface area contributed by atoms with Crippen LogP contribution in [0, 0.1) is 5.92 Å². The predicted molar refractivity (Wildman–Crippen MR) is 98.5 cm³/mol. The van der Waals surface area contributed by atoms with Crippen molar-refractivity contribution < 1.29 is 4.79 Å². The third-order valence-electron chi connectivity index (χ3n) is 4.42. The molecule has 0 spiro atoms. The van der Waals surface area contributed by atoms with Crippen LogP contribution in [-0.4, -0.2) is 34.9 Å². The molecule has 3 rings (SSSR count). The Bertz CT molecular complexity index is 660. The Kier molecular flexibility index (Phi) is 7.26. The van der Waals surface area contributed by atoms with Crippen LogP contribution in [0.2, 0.25) is 0 Å². The maximum Gasteiger partial charge on any atom is 0.254 e. The summed E-state index contributed by atoms with van der Waals surface area (Å²) in [6, 6.07) is 7.86. The second kappa shape index (κ2) is 8.48. The van der Waals surface area contributed by atoms with Gasteiger partial charge in [0.05, 0.1) is 0 Å². The molecule has 1 saturated heterocycles. The molecule has 1 aromatic heterocycles. The van der Waals surface area contributed by atoms with E-state index in [1.165, 1.54) is 0 Å². The molecule has 0 bridgehead atoms. The average molecular weight is 356 g/mol. The van der Waals surface area contributed by atoms with Crippen molar-refractivity contribution in [3.8, 4) is 0 Å². The summed E-state index contributed by atoms with van der Waals surface area (Å²) >= 11 is 0. The summed E-state index contributed by atoms with van der Waals surface area (Å²) in [6.45, 7) is 3.56. The normalized spacial score (nSPS) is 20.5. The summed E-state index contributed by atoms with van der Waals surface area (Å²) in [6.07, 6.45) is 5.58. The third-order valence-corrected chi connectivity index (χ3v) is 4.42. The SMILES string of the molecule is CC1CCN(C(=O)c2cccc3cnccc23)C(CN)C1.Cl.Cl. The summed E-state index contributed by atoms with van der Waals surface area (Å²) in [5.41, 5.74) is 6.63. The van der Waals surface area contributed by atoms with Crippen LogP contribution in [0.4, 0.5) is 0 Å². The number of benzene rings is 1. The number of aromatic nitrogens is 1. The van der Waals surface area contributed by atoms with Crippen LogP contribution in [-0.2, 0) is 0 Å². The molecule has 1 aromatic carbocycles. The van der Waals surface area contributed by atoms with Crippen LogP contribution in [0.3, 0.4) is 0 Å². The van der Waals surface area contributed by atoms with Crippen molar-refractivity contribution >= 4 is 41.5 Å². The Hall–Kier alpha value is -1.36. The number of likely N-dealkylation sites (tertiary alicyclic amines) is 1. The van der Waals surface area contributed by atoms with Gasteiger partial charge >= 0.3 is 0 Å². The van der Waals surface area contributed by atoms with E-state index in [0.29, 0.717) is 12.5 Å². The van der Waals surface area contributed by atoms with Crippen molar-refractivity contribution in [3.05, 3.63) is 42.2 Å². The van der Waals surface area contributed by atoms with Gasteiger partial charge in [0.15, 0.2) is 0 Å². The Balaban J connectivity index is 0.00000132. The molecule has 4 nitrogen and oxygen atoms in total. The zero-order valence-corrected chi connectivity index (χ0v) is 14.8. The van der Waals surface area contributed by atoms with Gasteiger partial charge in [-0.05, 0) is 36.3 Å². The maximum atomic E-state index is 12.9. The Labute approximate surface area is 149 Å². The van der Waals surface area contributed by atoms with E-state index in [1.54, 1.807) is 12.4 Å². The molecule has 2 aromatic rings. The first-order valence-electron chi connectivity index (χ1n) is 7.54. The third kappa shape index (κ3) is 3.94. The van der Waals surface area contributed by atoms with Crippen molar-refractivity contribution in [1.29, 1.82) is 0 Å². The quantitative estimate of drug-likeness (QED) is 0.898. The first kappa shape index (κ1) is 19.7. The molecule has 0 aliphatic carbocycles. The molecule has 2 N–H and O–H groups in total. The van der Waals surface area contributed by atoms with Crippen molar-refractivity contribution in [3.63, 3.8) is 0 Å². The molecule has 1 aliphatic heterocycles. The molecule has 2 atom stereocenters. The van der Waals surface area contributed by atoms with Crippen molar-refractivity contribution in [2.45, 2.75) is 25.8 Å². The lowest BCUT2D eigenvalue weighted by Gasteiger charge is -2.38. The number of hydrogen-bond acceptors (Lipinski definition) is 3. The van der Waals surface area contributed by atoms with Crippen LogP contribution in [0.1, 0.15) is 30.1 Å². The fourth-order valence-electron chi connectivity index (χ4n) is 3.21. The second-order valence-corrected chi connectivity index (χ2v) is 5.92. The number of hydrogen-bond donors (Lipinski definition) is 1. The number of piperidine rings is 1. The minimum atomic E-state index is 0. The first-order chi connectivity index (χ1) is 10.2. The van der Waals surface area contributed by atoms with E-state index < -0.39 is 0 Å². The molecule has 0 saturated carbocycles. The number of halogens is 2. The lowest BCUT2D eigenvalue weighted by Crippen LogP contribution is -2.49. The van der Waals surface area contributed by atoms with Gasteiger partial charge in [-0.25, -0.2) is 0 Å². The minimum absolute atomic E-state index is 0. The van der Waals surface area contributed by atoms with E-state index in [2.05, 4.69) is 11.9 Å². The highest BCUT2D eigenvalue weighted by molar-refractivity contribution is 6.06. The molecule has 1 amide bonds. The second-order valence-electron chi connectivity index (χ2n) is 5.92. The number of carbonyl (C=O) groups excluding carboxylic acids is 1. The van der Waals surface area contributed by atoms with E-state index in [-0.39, 0.29) is 36.8 Å². The van der Waals surface area contributed by atoms with Gasteiger partial charge in [0.25, 0.3) is 5.91 Å². The number of nitrogens with zero attached hydrogens (tertiary/aromatic N) is 2. The summed E-state index contributed by atoms with van der Waals surface area (Å²) < 4.78 is 0. The summed E-state index contributed by atoms with van der Waals surface area (Å²) in [5, 5.41) is 1.96. The smallest absolute Gasteiger partial charge is 0.254 e. The molecule has 126 valence electrons. The van der Waals surface area contributed by atoms with Crippen molar-refractivity contribution in [1.82, 2.24) is 9.88 Å². The highest BCUT2D eigenvalue weighted by atomic mass is 35.5. The van der Waals surface area contributed by atoms with E-state index in [4.69, 9.17) is 5.73 Å². The topological polar surface area (TPSA) is 59.2 Å². The van der Waals surface area contributed by atoms with Crippen molar-refractivity contribution in [2.24, 2.45) is 11.7 Å². The van der Waals surface area contributed by atoms with Gasteiger partial charge in [0.1, 0.15) is 0 Å². The van der Waals surface area contributed by atoms with Gasteiger partial charge in [0.2, 0.25) is 0 Å². The maximum absolute atomic E-state index is 12.9. The number of pyridine rings is 1. The van der Waals surface area contributed by atoms with E-state index in [0.717, 1.165) is 35.7 Å². The highest BCUT2D eigenvalue weighted by Gasteiger charge is 2.30. The Morgan fingerprint density at radius 1 is 1.35 bits per heavy atom. The van der Waals surface area contributed by atoms with Gasteiger partial charge in [0, 0.05) is 42.5 Å².